The second kappa shape index (κ2) is 6.82. The molecule has 0 aromatic heterocycles. The summed E-state index contributed by atoms with van der Waals surface area (Å²) >= 11 is 0. The largest absolute Gasteiger partial charge is 0.504 e. The summed E-state index contributed by atoms with van der Waals surface area (Å²) in [5.41, 5.74) is 1.05. The third-order valence-electron chi connectivity index (χ3n) is 8.15. The van der Waals surface area contributed by atoms with Crippen molar-refractivity contribution in [1.29, 1.82) is 0 Å². The van der Waals surface area contributed by atoms with E-state index in [2.05, 4.69) is 17.3 Å². The molecule has 2 fully saturated rings. The summed E-state index contributed by atoms with van der Waals surface area (Å²) in [6, 6.07) is 2.14. The third-order valence-corrected chi connectivity index (χ3v) is 8.15. The number of rotatable bonds is 6. The number of aromatic hydroxyl groups is 1. The predicted octanol–water partition coefficient (Wildman–Crippen LogP) is 0.716. The van der Waals surface area contributed by atoms with Gasteiger partial charge in [0.05, 0.1) is 17.4 Å². The van der Waals surface area contributed by atoms with Gasteiger partial charge in [-0.25, -0.2) is 0 Å². The predicted molar refractivity (Wildman–Crippen MR) is 109 cm³/mol. The molecule has 5 rings (SSSR count). The Bertz CT molecular complexity index is 952. The SMILES string of the molecule is CO[C@@]12CC[C@@H](N[C@@H](CC(=O)O)C(=O)O)[C@@H]3Oc4c(O)ccc5c4[C@@]31CCN(C)C2C5. The minimum absolute atomic E-state index is 0.0731. The minimum atomic E-state index is -1.22. The Hall–Kier alpha value is -2.36. The van der Waals surface area contributed by atoms with Gasteiger partial charge >= 0.3 is 11.9 Å². The number of nitrogens with zero attached hydrogens (tertiary/aromatic N) is 1. The summed E-state index contributed by atoms with van der Waals surface area (Å²) in [6.45, 7) is 0.828. The summed E-state index contributed by atoms with van der Waals surface area (Å²) in [5, 5.41) is 32.5. The normalized spacial score (nSPS) is 36.4. The van der Waals surface area contributed by atoms with Gasteiger partial charge in [-0.05, 0) is 50.9 Å². The second-order valence-corrected chi connectivity index (χ2v) is 9.30. The van der Waals surface area contributed by atoms with Crippen LogP contribution >= 0.6 is 0 Å². The van der Waals surface area contributed by atoms with Gasteiger partial charge in [0, 0.05) is 24.8 Å². The van der Waals surface area contributed by atoms with Crippen LogP contribution in [0.15, 0.2) is 12.1 Å². The van der Waals surface area contributed by atoms with E-state index >= 15 is 0 Å². The topological polar surface area (TPSA) is 129 Å². The van der Waals surface area contributed by atoms with Crippen molar-refractivity contribution in [3.8, 4) is 11.5 Å². The molecule has 2 aliphatic carbocycles. The molecule has 2 aliphatic heterocycles. The maximum Gasteiger partial charge on any atom is 0.321 e. The number of likely N-dealkylation sites (tertiary alicyclic amines) is 1. The zero-order chi connectivity index (χ0) is 22.1. The van der Waals surface area contributed by atoms with Crippen molar-refractivity contribution in [3.63, 3.8) is 0 Å². The highest BCUT2D eigenvalue weighted by Gasteiger charge is 2.73. The number of nitrogens with one attached hydrogen (secondary N) is 1. The van der Waals surface area contributed by atoms with Crippen molar-refractivity contribution < 1.29 is 34.4 Å². The van der Waals surface area contributed by atoms with Gasteiger partial charge < -0.3 is 29.7 Å². The number of carboxylic acid groups (broad SMARTS) is 2. The van der Waals surface area contributed by atoms with Crippen LogP contribution in [-0.4, -0.2) is 82.7 Å². The summed E-state index contributed by atoms with van der Waals surface area (Å²) < 4.78 is 12.8. The first-order valence-electron chi connectivity index (χ1n) is 10.7. The van der Waals surface area contributed by atoms with Gasteiger partial charge in [-0.2, -0.15) is 0 Å². The van der Waals surface area contributed by atoms with E-state index in [-0.39, 0.29) is 17.8 Å². The van der Waals surface area contributed by atoms with Crippen LogP contribution in [0.3, 0.4) is 0 Å². The van der Waals surface area contributed by atoms with Crippen LogP contribution in [0.25, 0.3) is 0 Å². The molecule has 1 unspecified atom stereocenters. The van der Waals surface area contributed by atoms with E-state index in [0.29, 0.717) is 18.6 Å². The summed E-state index contributed by atoms with van der Waals surface area (Å²) in [7, 11) is 3.84. The fraction of sp³-hybridized carbons (Fsp3) is 0.636. The number of methoxy groups -OCH3 is 1. The van der Waals surface area contributed by atoms with Crippen molar-refractivity contribution in [3.05, 3.63) is 23.3 Å². The maximum atomic E-state index is 11.7. The summed E-state index contributed by atoms with van der Waals surface area (Å²) in [6.07, 6.45) is 1.82. The molecular weight excluding hydrogens is 404 g/mol. The number of ether oxygens (including phenoxy) is 2. The van der Waals surface area contributed by atoms with Gasteiger partial charge in [-0.1, -0.05) is 6.07 Å². The van der Waals surface area contributed by atoms with Crippen molar-refractivity contribution in [2.75, 3.05) is 20.7 Å². The number of piperidine rings is 1. The zero-order valence-electron chi connectivity index (χ0n) is 17.6. The Morgan fingerprint density at radius 1 is 1.35 bits per heavy atom. The van der Waals surface area contributed by atoms with Crippen molar-refractivity contribution in [2.45, 2.75) is 67.3 Å². The number of carboxylic acids is 2. The van der Waals surface area contributed by atoms with Crippen LogP contribution in [-0.2, 0) is 26.2 Å². The monoisotopic (exact) mass is 432 g/mol. The molecule has 1 aromatic carbocycles. The quantitative estimate of drug-likeness (QED) is 0.514. The van der Waals surface area contributed by atoms with E-state index < -0.39 is 41.5 Å². The lowest BCUT2D eigenvalue weighted by atomic mass is 9.48. The molecule has 4 N–H and O–H groups in total. The number of aliphatic carboxylic acids is 2. The van der Waals surface area contributed by atoms with E-state index in [0.717, 1.165) is 30.5 Å². The standard InChI is InChI=1S/C22H28N2O7/c1-24-8-7-21-17-11-3-4-14(25)18(17)31-19(21)12(23-13(20(28)29)10-16(26)27)5-6-22(21,30-2)15(24)9-11/h3-4,12-13,15,19,23,25H,5-10H2,1-2H3,(H,26,27)(H,28,29)/t12-,13+,15?,19+,21+,22-/m1/s1. The fourth-order valence-electron chi connectivity index (χ4n) is 6.96. The Labute approximate surface area is 179 Å². The molecule has 6 atom stereocenters. The Morgan fingerprint density at radius 2 is 2.13 bits per heavy atom. The molecule has 2 heterocycles. The first-order valence-corrected chi connectivity index (χ1v) is 10.7. The Balaban J connectivity index is 1.63. The van der Waals surface area contributed by atoms with Crippen LogP contribution in [0, 0.1) is 0 Å². The lowest BCUT2D eigenvalue weighted by molar-refractivity contribution is -0.204. The number of phenols is 1. The molecule has 1 saturated carbocycles. The Kier molecular flexibility index (Phi) is 4.52. The fourth-order valence-corrected chi connectivity index (χ4v) is 6.96. The van der Waals surface area contributed by atoms with Gasteiger partial charge in [-0.3, -0.25) is 14.9 Å². The molecule has 4 aliphatic rings. The maximum absolute atomic E-state index is 11.7. The van der Waals surface area contributed by atoms with E-state index in [9.17, 15) is 24.9 Å². The summed E-state index contributed by atoms with van der Waals surface area (Å²) in [4.78, 5) is 25.3. The van der Waals surface area contributed by atoms with E-state index in [1.807, 2.05) is 6.07 Å². The highest BCUT2D eigenvalue weighted by atomic mass is 16.5. The van der Waals surface area contributed by atoms with Crippen LogP contribution in [0.1, 0.15) is 36.8 Å². The highest BCUT2D eigenvalue weighted by Crippen LogP contribution is 2.66. The molecule has 9 nitrogen and oxygen atoms in total. The van der Waals surface area contributed by atoms with E-state index in [4.69, 9.17) is 9.47 Å². The lowest BCUT2D eigenvalue weighted by Gasteiger charge is -2.65. The molecule has 0 amide bonds. The Morgan fingerprint density at radius 3 is 2.81 bits per heavy atom. The molecular formula is C22H28N2O7. The number of carbonyl (C=O) groups is 2. The van der Waals surface area contributed by atoms with Crippen molar-refractivity contribution in [1.82, 2.24) is 10.2 Å². The summed E-state index contributed by atoms with van der Waals surface area (Å²) in [5.74, 6) is -1.84. The van der Waals surface area contributed by atoms with Crippen molar-refractivity contribution >= 4 is 11.9 Å². The van der Waals surface area contributed by atoms with Crippen LogP contribution < -0.4 is 10.1 Å². The van der Waals surface area contributed by atoms with Crippen LogP contribution in [0.2, 0.25) is 0 Å². The molecule has 2 bridgehead atoms. The first kappa shape index (κ1) is 20.5. The van der Waals surface area contributed by atoms with Gasteiger partial charge in [0.15, 0.2) is 11.5 Å². The molecule has 1 aromatic rings. The molecule has 1 spiro atoms. The van der Waals surface area contributed by atoms with E-state index in [1.165, 1.54) is 0 Å². The number of hydrogen-bond acceptors (Lipinski definition) is 7. The number of benzene rings is 1. The van der Waals surface area contributed by atoms with Crippen LogP contribution in [0.4, 0.5) is 0 Å². The van der Waals surface area contributed by atoms with Crippen LogP contribution in [0.5, 0.6) is 11.5 Å². The van der Waals surface area contributed by atoms with Gasteiger partial charge in [0.2, 0.25) is 0 Å². The van der Waals surface area contributed by atoms with Gasteiger partial charge in [0.25, 0.3) is 0 Å². The molecule has 31 heavy (non-hydrogen) atoms. The average Bonchev–Trinajstić information content (AvgIpc) is 3.08. The molecule has 1 saturated heterocycles. The number of hydrogen-bond donors (Lipinski definition) is 4. The molecule has 9 heteroatoms. The lowest BCUT2D eigenvalue weighted by Crippen LogP contribution is -2.78. The number of likely N-dealkylation sites (N-methyl/N-ethyl adjacent to an activating group) is 1. The average molecular weight is 432 g/mol. The first-order chi connectivity index (χ1) is 14.7. The minimum Gasteiger partial charge on any atom is -0.504 e. The number of phenolic OH excluding ortho intramolecular Hbond substituents is 1. The second-order valence-electron chi connectivity index (χ2n) is 9.30. The smallest absolute Gasteiger partial charge is 0.321 e. The third kappa shape index (κ3) is 2.54. The van der Waals surface area contributed by atoms with Gasteiger partial charge in [-0.15, -0.1) is 0 Å². The zero-order valence-corrected chi connectivity index (χ0v) is 17.6. The highest BCUT2D eigenvalue weighted by molar-refractivity contribution is 5.80. The van der Waals surface area contributed by atoms with E-state index in [1.54, 1.807) is 13.2 Å². The van der Waals surface area contributed by atoms with Crippen molar-refractivity contribution in [2.24, 2.45) is 0 Å². The molecule has 0 radical (unpaired) electrons. The van der Waals surface area contributed by atoms with Gasteiger partial charge in [0.1, 0.15) is 12.1 Å². The molecule has 168 valence electrons.